The smallest absolute Gasteiger partial charge is 0.0992 e. The highest BCUT2D eigenvalue weighted by Gasteiger charge is 2.32. The molecule has 0 bridgehead atoms. The quantitative estimate of drug-likeness (QED) is 0.631. The molecule has 1 aliphatic rings. The van der Waals surface area contributed by atoms with Gasteiger partial charge in [-0.05, 0) is 36.7 Å². The minimum absolute atomic E-state index is 0.121. The van der Waals surface area contributed by atoms with E-state index in [2.05, 4.69) is 19.3 Å². The molecule has 1 aromatic heterocycles. The fourth-order valence-corrected chi connectivity index (χ4v) is 4.49. The molecule has 102 valence electrons. The summed E-state index contributed by atoms with van der Waals surface area (Å²) in [6, 6.07) is 2.07. The third kappa shape index (κ3) is 3.02. The van der Waals surface area contributed by atoms with E-state index < -0.39 is 0 Å². The van der Waals surface area contributed by atoms with E-state index in [0.717, 1.165) is 26.1 Å². The summed E-state index contributed by atoms with van der Waals surface area (Å²) in [6.45, 7) is 4.66. The topological polar surface area (TPSA) is 38.0 Å². The summed E-state index contributed by atoms with van der Waals surface area (Å²) < 4.78 is 1.49. The minimum Gasteiger partial charge on any atom is -0.271 e. The molecule has 0 aromatic carbocycles. The number of nitrogens with one attached hydrogen (secondary N) is 1. The molecule has 0 aliphatic heterocycles. The molecule has 0 amide bonds. The summed E-state index contributed by atoms with van der Waals surface area (Å²) >= 11 is 13.7. The van der Waals surface area contributed by atoms with Crippen LogP contribution in [0.1, 0.15) is 44.7 Å². The molecule has 1 saturated carbocycles. The first-order valence-corrected chi connectivity index (χ1v) is 8.01. The largest absolute Gasteiger partial charge is 0.271 e. The van der Waals surface area contributed by atoms with E-state index >= 15 is 0 Å². The average Bonchev–Trinajstić information content (AvgIpc) is 2.64. The summed E-state index contributed by atoms with van der Waals surface area (Å²) in [6.07, 6.45) is 3.66. The summed E-state index contributed by atoms with van der Waals surface area (Å²) in [5.74, 6) is 7.84. The van der Waals surface area contributed by atoms with Crippen molar-refractivity contribution in [1.29, 1.82) is 0 Å². The summed E-state index contributed by atoms with van der Waals surface area (Å²) in [5.41, 5.74) is 4.00. The molecule has 5 heteroatoms. The van der Waals surface area contributed by atoms with Crippen molar-refractivity contribution < 1.29 is 0 Å². The molecule has 1 fully saturated rings. The highest BCUT2D eigenvalue weighted by molar-refractivity contribution is 7.20. The highest BCUT2D eigenvalue weighted by Crippen LogP contribution is 2.43. The molecule has 18 heavy (non-hydrogen) atoms. The van der Waals surface area contributed by atoms with Crippen LogP contribution in [-0.4, -0.2) is 0 Å². The predicted octanol–water partition coefficient (Wildman–Crippen LogP) is 4.63. The van der Waals surface area contributed by atoms with Crippen LogP contribution >= 0.6 is 34.5 Å². The standard InChI is InChI=1S/C13H20Cl2N2S/c1-7-3-4-9(5-8(7)2)12(17-16)10-6-11(14)18-13(10)15/h6-9,12,17H,3-5,16H2,1-2H3. The van der Waals surface area contributed by atoms with E-state index in [1.54, 1.807) is 0 Å². The maximum atomic E-state index is 6.24. The third-order valence-corrected chi connectivity index (χ3v) is 5.83. The zero-order chi connectivity index (χ0) is 13.3. The summed E-state index contributed by atoms with van der Waals surface area (Å²) in [4.78, 5) is 0. The number of hydrazine groups is 1. The molecule has 0 spiro atoms. The fourth-order valence-electron chi connectivity index (χ4n) is 2.94. The Balaban J connectivity index is 2.16. The Morgan fingerprint density at radius 1 is 1.33 bits per heavy atom. The highest BCUT2D eigenvalue weighted by atomic mass is 35.5. The van der Waals surface area contributed by atoms with Crippen molar-refractivity contribution in [2.75, 3.05) is 0 Å². The van der Waals surface area contributed by atoms with Gasteiger partial charge in [0, 0.05) is 5.56 Å². The lowest BCUT2D eigenvalue weighted by Crippen LogP contribution is -2.36. The third-order valence-electron chi connectivity index (χ3n) is 4.31. The molecule has 4 unspecified atom stereocenters. The maximum absolute atomic E-state index is 6.24. The summed E-state index contributed by atoms with van der Waals surface area (Å²) in [7, 11) is 0. The van der Waals surface area contributed by atoms with Gasteiger partial charge in [0.15, 0.2) is 0 Å². The zero-order valence-electron chi connectivity index (χ0n) is 10.7. The van der Waals surface area contributed by atoms with Crippen LogP contribution in [0.3, 0.4) is 0 Å². The van der Waals surface area contributed by atoms with Gasteiger partial charge in [0.05, 0.1) is 14.7 Å². The number of thiophene rings is 1. The van der Waals surface area contributed by atoms with Crippen LogP contribution in [0.2, 0.25) is 8.67 Å². The van der Waals surface area contributed by atoms with Gasteiger partial charge in [-0.15, -0.1) is 11.3 Å². The van der Waals surface area contributed by atoms with Crippen molar-refractivity contribution in [3.05, 3.63) is 20.3 Å². The number of halogens is 2. The van der Waals surface area contributed by atoms with Crippen LogP contribution in [0, 0.1) is 17.8 Å². The maximum Gasteiger partial charge on any atom is 0.0992 e. The molecule has 2 nitrogen and oxygen atoms in total. The van der Waals surface area contributed by atoms with Gasteiger partial charge in [-0.1, -0.05) is 43.5 Å². The average molecular weight is 307 g/mol. The van der Waals surface area contributed by atoms with E-state index in [-0.39, 0.29) is 6.04 Å². The van der Waals surface area contributed by atoms with Gasteiger partial charge in [-0.25, -0.2) is 0 Å². The Bertz CT molecular complexity index is 408. The van der Waals surface area contributed by atoms with Crippen molar-refractivity contribution in [2.45, 2.75) is 39.2 Å². The van der Waals surface area contributed by atoms with Crippen molar-refractivity contribution in [2.24, 2.45) is 23.6 Å². The van der Waals surface area contributed by atoms with Gasteiger partial charge < -0.3 is 0 Å². The molecular formula is C13H20Cl2N2S. The van der Waals surface area contributed by atoms with Crippen LogP contribution in [0.4, 0.5) is 0 Å². The monoisotopic (exact) mass is 306 g/mol. The fraction of sp³-hybridized carbons (Fsp3) is 0.692. The SMILES string of the molecule is CC1CCC(C(NN)c2cc(Cl)sc2Cl)CC1C. The second-order valence-corrected chi connectivity index (χ2v) is 7.74. The van der Waals surface area contributed by atoms with E-state index in [4.69, 9.17) is 29.0 Å². The number of hydrogen-bond acceptors (Lipinski definition) is 3. The number of hydrogen-bond donors (Lipinski definition) is 2. The van der Waals surface area contributed by atoms with Gasteiger partial charge in [0.2, 0.25) is 0 Å². The number of rotatable bonds is 3. The lowest BCUT2D eigenvalue weighted by Gasteiger charge is -2.36. The first kappa shape index (κ1) is 14.6. The van der Waals surface area contributed by atoms with Crippen LogP contribution in [0.15, 0.2) is 6.07 Å². The Labute approximate surface area is 123 Å². The summed E-state index contributed by atoms with van der Waals surface area (Å²) in [5, 5.41) is 0. The van der Waals surface area contributed by atoms with E-state index in [9.17, 15) is 0 Å². The molecule has 1 aromatic rings. The Hall–Kier alpha value is 0.200. The minimum atomic E-state index is 0.121. The van der Waals surface area contributed by atoms with Crippen molar-refractivity contribution in [1.82, 2.24) is 5.43 Å². The Morgan fingerprint density at radius 3 is 2.56 bits per heavy atom. The van der Waals surface area contributed by atoms with Gasteiger partial charge in [0.25, 0.3) is 0 Å². The van der Waals surface area contributed by atoms with Crippen LogP contribution < -0.4 is 11.3 Å². The van der Waals surface area contributed by atoms with Crippen molar-refractivity contribution in [3.63, 3.8) is 0 Å². The zero-order valence-corrected chi connectivity index (χ0v) is 13.1. The molecule has 3 N–H and O–H groups in total. The Morgan fingerprint density at radius 2 is 2.06 bits per heavy atom. The van der Waals surface area contributed by atoms with Crippen LogP contribution in [-0.2, 0) is 0 Å². The first-order chi connectivity index (χ1) is 8.52. The molecular weight excluding hydrogens is 287 g/mol. The lowest BCUT2D eigenvalue weighted by molar-refractivity contribution is 0.171. The Kier molecular flexibility index (Phi) is 4.95. The van der Waals surface area contributed by atoms with Gasteiger partial charge in [-0.3, -0.25) is 11.3 Å². The first-order valence-electron chi connectivity index (χ1n) is 6.43. The molecule has 2 rings (SSSR count). The normalized spacial score (nSPS) is 30.4. The van der Waals surface area contributed by atoms with Crippen LogP contribution in [0.5, 0.6) is 0 Å². The van der Waals surface area contributed by atoms with Gasteiger partial charge >= 0.3 is 0 Å². The van der Waals surface area contributed by atoms with Crippen LogP contribution in [0.25, 0.3) is 0 Å². The molecule has 1 heterocycles. The van der Waals surface area contributed by atoms with E-state index in [1.165, 1.54) is 30.6 Å². The second kappa shape index (κ2) is 6.10. The lowest BCUT2D eigenvalue weighted by atomic mass is 9.72. The molecule has 4 atom stereocenters. The molecule has 0 saturated heterocycles. The number of nitrogens with two attached hydrogens (primary N) is 1. The van der Waals surface area contributed by atoms with E-state index in [0.29, 0.717) is 5.92 Å². The van der Waals surface area contributed by atoms with Gasteiger partial charge in [-0.2, -0.15) is 0 Å². The van der Waals surface area contributed by atoms with Gasteiger partial charge in [0.1, 0.15) is 0 Å². The molecule has 1 aliphatic carbocycles. The van der Waals surface area contributed by atoms with E-state index in [1.807, 2.05) is 6.07 Å². The van der Waals surface area contributed by atoms with Crippen molar-refractivity contribution in [3.8, 4) is 0 Å². The molecule has 0 radical (unpaired) electrons. The van der Waals surface area contributed by atoms with Crippen molar-refractivity contribution >= 4 is 34.5 Å². The second-order valence-electron chi connectivity index (χ2n) is 5.45. The predicted molar refractivity (Wildman–Crippen MR) is 80.1 cm³/mol.